The highest BCUT2D eigenvalue weighted by Gasteiger charge is 2.18. The number of carbonyl (C=O) groups is 1. The van der Waals surface area contributed by atoms with Gasteiger partial charge in [0.15, 0.2) is 5.65 Å². The number of nitrogens with one attached hydrogen (secondary N) is 1. The maximum atomic E-state index is 13.3. The van der Waals surface area contributed by atoms with Gasteiger partial charge in [0.05, 0.1) is 16.1 Å². The molecule has 28 heavy (non-hydrogen) atoms. The summed E-state index contributed by atoms with van der Waals surface area (Å²) in [6.45, 7) is -0.167. The molecule has 0 atom stereocenters. The Balaban J connectivity index is 1.74. The summed E-state index contributed by atoms with van der Waals surface area (Å²) in [6.07, 6.45) is 1.56. The molecule has 2 heterocycles. The van der Waals surface area contributed by atoms with Crippen LogP contribution in [-0.4, -0.2) is 20.3 Å². The van der Waals surface area contributed by atoms with E-state index in [2.05, 4.69) is 10.3 Å². The lowest BCUT2D eigenvalue weighted by Gasteiger charge is -2.12. The monoisotopic (exact) mass is 396 g/mol. The normalized spacial score (nSPS) is 10.9. The lowest BCUT2D eigenvalue weighted by atomic mass is 10.3. The highest BCUT2D eigenvalue weighted by Crippen LogP contribution is 2.20. The first-order valence-electron chi connectivity index (χ1n) is 8.41. The summed E-state index contributed by atoms with van der Waals surface area (Å²) in [7, 11) is 0. The number of anilines is 1. The van der Waals surface area contributed by atoms with Gasteiger partial charge in [0.25, 0.3) is 5.56 Å². The van der Waals surface area contributed by atoms with Crippen LogP contribution in [0.15, 0.2) is 71.7 Å². The zero-order valence-electron chi connectivity index (χ0n) is 14.5. The van der Waals surface area contributed by atoms with Crippen molar-refractivity contribution in [2.45, 2.75) is 6.54 Å². The van der Waals surface area contributed by atoms with Crippen LogP contribution in [0.2, 0.25) is 5.02 Å². The van der Waals surface area contributed by atoms with Gasteiger partial charge in [0, 0.05) is 11.9 Å². The quantitative estimate of drug-likeness (QED) is 0.573. The summed E-state index contributed by atoms with van der Waals surface area (Å²) in [5.41, 5.74) is 1.09. The summed E-state index contributed by atoms with van der Waals surface area (Å²) in [5.74, 6) is -0.979. The van der Waals surface area contributed by atoms with E-state index >= 15 is 0 Å². The van der Waals surface area contributed by atoms with Gasteiger partial charge in [-0.1, -0.05) is 29.8 Å². The number of rotatable bonds is 4. The van der Waals surface area contributed by atoms with E-state index in [4.69, 9.17) is 11.6 Å². The van der Waals surface area contributed by atoms with Crippen LogP contribution in [-0.2, 0) is 11.3 Å². The number of aromatic nitrogens is 3. The van der Waals surface area contributed by atoms with Gasteiger partial charge < -0.3 is 5.32 Å². The topological polar surface area (TPSA) is 68.9 Å². The van der Waals surface area contributed by atoms with Gasteiger partial charge in [-0.2, -0.15) is 0 Å². The summed E-state index contributed by atoms with van der Waals surface area (Å²) in [5, 5.41) is 2.97. The first-order chi connectivity index (χ1) is 13.5. The zero-order chi connectivity index (χ0) is 19.7. The van der Waals surface area contributed by atoms with Crippen molar-refractivity contribution in [3.63, 3.8) is 0 Å². The average molecular weight is 397 g/mol. The van der Waals surface area contributed by atoms with Crippen molar-refractivity contribution in [2.24, 2.45) is 0 Å². The predicted molar refractivity (Wildman–Crippen MR) is 105 cm³/mol. The zero-order valence-corrected chi connectivity index (χ0v) is 15.2. The van der Waals surface area contributed by atoms with Crippen LogP contribution >= 0.6 is 11.6 Å². The van der Waals surface area contributed by atoms with Gasteiger partial charge in [-0.05, 0) is 42.5 Å². The molecule has 1 N–H and O–H groups in total. The third-order valence-corrected chi connectivity index (χ3v) is 4.48. The molecule has 0 fully saturated rings. The SMILES string of the molecule is O=C(Cn1c2ncccc2c(=O)n1-c1ccccc1)Nc1ccc(F)c(Cl)c1. The van der Waals surface area contributed by atoms with E-state index in [1.807, 2.05) is 6.07 Å². The lowest BCUT2D eigenvalue weighted by molar-refractivity contribution is -0.116. The fourth-order valence-electron chi connectivity index (χ4n) is 2.97. The van der Waals surface area contributed by atoms with Crippen molar-refractivity contribution in [2.75, 3.05) is 5.32 Å². The van der Waals surface area contributed by atoms with Gasteiger partial charge in [0.1, 0.15) is 12.4 Å². The Morgan fingerprint density at radius 3 is 2.64 bits per heavy atom. The molecule has 0 saturated heterocycles. The van der Waals surface area contributed by atoms with E-state index in [-0.39, 0.29) is 17.1 Å². The fourth-order valence-corrected chi connectivity index (χ4v) is 3.15. The van der Waals surface area contributed by atoms with Gasteiger partial charge in [-0.15, -0.1) is 0 Å². The van der Waals surface area contributed by atoms with Crippen molar-refractivity contribution >= 4 is 34.2 Å². The van der Waals surface area contributed by atoms with Gasteiger partial charge >= 0.3 is 0 Å². The number of halogens is 2. The summed E-state index contributed by atoms with van der Waals surface area (Å²) >= 11 is 5.76. The van der Waals surface area contributed by atoms with Crippen LogP contribution in [0, 0.1) is 5.82 Å². The highest BCUT2D eigenvalue weighted by atomic mass is 35.5. The van der Waals surface area contributed by atoms with E-state index in [0.29, 0.717) is 22.4 Å². The number of amides is 1. The van der Waals surface area contributed by atoms with E-state index in [9.17, 15) is 14.0 Å². The van der Waals surface area contributed by atoms with Crippen molar-refractivity contribution in [3.05, 3.63) is 88.1 Å². The first kappa shape index (κ1) is 17.9. The molecule has 0 bridgehead atoms. The Morgan fingerprint density at radius 2 is 1.89 bits per heavy atom. The van der Waals surface area contributed by atoms with Crippen LogP contribution in [0.4, 0.5) is 10.1 Å². The molecule has 0 radical (unpaired) electrons. The van der Waals surface area contributed by atoms with Crippen LogP contribution in [0.3, 0.4) is 0 Å². The predicted octanol–water partition coefficient (Wildman–Crippen LogP) is 3.62. The number of nitrogens with zero attached hydrogens (tertiary/aromatic N) is 3. The number of para-hydroxylation sites is 1. The second-order valence-electron chi connectivity index (χ2n) is 6.06. The molecular formula is C20H14ClFN4O2. The second-order valence-corrected chi connectivity index (χ2v) is 6.47. The average Bonchev–Trinajstić information content (AvgIpc) is 2.97. The molecule has 6 nitrogen and oxygen atoms in total. The molecule has 2 aromatic heterocycles. The Bertz CT molecular complexity index is 1230. The van der Waals surface area contributed by atoms with Gasteiger partial charge in [-0.3, -0.25) is 14.3 Å². The molecule has 4 rings (SSSR count). The van der Waals surface area contributed by atoms with Crippen molar-refractivity contribution < 1.29 is 9.18 Å². The Labute approximate surface area is 163 Å². The molecule has 4 aromatic rings. The molecule has 140 valence electrons. The molecule has 0 aliphatic heterocycles. The fraction of sp³-hybridized carbons (Fsp3) is 0.0500. The minimum Gasteiger partial charge on any atom is -0.324 e. The molecule has 0 saturated carbocycles. The van der Waals surface area contributed by atoms with E-state index in [1.54, 1.807) is 42.6 Å². The van der Waals surface area contributed by atoms with Gasteiger partial charge in [0.2, 0.25) is 5.91 Å². The summed E-state index contributed by atoms with van der Waals surface area (Å²) < 4.78 is 16.2. The maximum Gasteiger partial charge on any atom is 0.280 e. The van der Waals surface area contributed by atoms with Crippen LogP contribution in [0.5, 0.6) is 0 Å². The molecule has 8 heteroatoms. The standard InChI is InChI=1S/C20H14ClFN4O2/c21-16-11-13(8-9-17(16)22)24-18(27)12-25-19-15(7-4-10-23-19)20(28)26(25)14-5-2-1-3-6-14/h1-11H,12H2,(H,24,27). The first-order valence-corrected chi connectivity index (χ1v) is 8.79. The van der Waals surface area contributed by atoms with Crippen LogP contribution in [0.25, 0.3) is 16.7 Å². The maximum absolute atomic E-state index is 13.3. The number of fused-ring (bicyclic) bond motifs is 1. The van der Waals surface area contributed by atoms with Crippen LogP contribution in [0.1, 0.15) is 0 Å². The smallest absolute Gasteiger partial charge is 0.280 e. The van der Waals surface area contributed by atoms with Gasteiger partial charge in [-0.25, -0.2) is 14.1 Å². The third-order valence-electron chi connectivity index (χ3n) is 4.19. The lowest BCUT2D eigenvalue weighted by Crippen LogP contribution is -2.27. The largest absolute Gasteiger partial charge is 0.324 e. The summed E-state index contributed by atoms with van der Waals surface area (Å²) in [6, 6.07) is 16.2. The number of hydrogen-bond acceptors (Lipinski definition) is 3. The second kappa shape index (κ2) is 7.28. The Morgan fingerprint density at radius 1 is 1.11 bits per heavy atom. The minimum atomic E-state index is -0.571. The minimum absolute atomic E-state index is 0.0907. The molecule has 0 spiro atoms. The number of benzene rings is 2. The van der Waals surface area contributed by atoms with E-state index < -0.39 is 11.7 Å². The van der Waals surface area contributed by atoms with Crippen molar-refractivity contribution in [1.29, 1.82) is 0 Å². The number of hydrogen-bond donors (Lipinski definition) is 1. The molecule has 2 aromatic carbocycles. The molecule has 0 unspecified atom stereocenters. The summed E-state index contributed by atoms with van der Waals surface area (Å²) in [4.78, 5) is 29.8. The molecular weight excluding hydrogens is 383 g/mol. The van der Waals surface area contributed by atoms with Crippen molar-refractivity contribution in [3.8, 4) is 5.69 Å². The number of pyridine rings is 1. The molecule has 0 aliphatic rings. The van der Waals surface area contributed by atoms with E-state index in [0.717, 1.165) is 0 Å². The van der Waals surface area contributed by atoms with Crippen LogP contribution < -0.4 is 10.9 Å². The van der Waals surface area contributed by atoms with E-state index in [1.165, 1.54) is 27.6 Å². The molecule has 0 aliphatic carbocycles. The molecule has 1 amide bonds. The number of carbonyl (C=O) groups excluding carboxylic acids is 1. The Kier molecular flexibility index (Phi) is 4.67. The van der Waals surface area contributed by atoms with Crippen molar-refractivity contribution in [1.82, 2.24) is 14.3 Å². The third kappa shape index (κ3) is 3.27. The highest BCUT2D eigenvalue weighted by molar-refractivity contribution is 6.31. The Hall–Kier alpha value is -3.45.